The van der Waals surface area contributed by atoms with E-state index in [1.165, 1.54) is 19.4 Å². The first-order chi connectivity index (χ1) is 35.8. The zero-order valence-electron chi connectivity index (χ0n) is 44.6. The van der Waals surface area contributed by atoms with Crippen molar-refractivity contribution in [1.82, 2.24) is 0 Å². The van der Waals surface area contributed by atoms with Gasteiger partial charge in [-0.25, -0.2) is 0 Å². The first-order valence-corrected chi connectivity index (χ1v) is 27.7. The first-order valence-electron chi connectivity index (χ1n) is 27.7. The third kappa shape index (κ3) is 10.7. The van der Waals surface area contributed by atoms with Crippen LogP contribution in [0.3, 0.4) is 0 Å². The van der Waals surface area contributed by atoms with E-state index in [1.54, 1.807) is 0 Å². The molecule has 31 unspecified atom stereocenters. The van der Waals surface area contributed by atoms with Gasteiger partial charge < -0.3 is 109 Å². The highest BCUT2D eigenvalue weighted by Crippen LogP contribution is 2.70. The molecule has 23 heteroatoms. The standard InChI is InChI=1S/C53H86O23/c1-21(20-67-47-41(63)39(61)37(59)32(18-54)72-47)10-15-53(66)22(2)34-31(76-53)17-30-28-9-8-26-16-27(11-13-51(26,6)29(28)12-14-52(30,34)7)71-50-46(75-49-45(70-25(5)56)40(62)36(58)24(4)69-49)43(65)44(33(19-55)73-50)74-48-42(64)38(60)35(57)23(3)68-48/h8,21-24,27-50,54-55,57-66H,9-20H2,1-7H3. The van der Waals surface area contributed by atoms with Crippen LogP contribution < -0.4 is 0 Å². The molecule has 3 saturated carbocycles. The van der Waals surface area contributed by atoms with Crippen LogP contribution in [-0.4, -0.2) is 228 Å². The summed E-state index contributed by atoms with van der Waals surface area (Å²) in [6.07, 6.45) is -20.8. The maximum absolute atomic E-state index is 12.2. The van der Waals surface area contributed by atoms with Crippen molar-refractivity contribution in [2.75, 3.05) is 19.8 Å². The Morgan fingerprint density at radius 2 is 1.32 bits per heavy atom. The lowest BCUT2D eigenvalue weighted by Crippen LogP contribution is -2.67. The number of carbonyl (C=O) groups excluding carboxylic acids is 1. The molecule has 5 aliphatic heterocycles. The minimum absolute atomic E-state index is 0.0719. The molecule has 0 aromatic carbocycles. The zero-order chi connectivity index (χ0) is 55.1. The lowest BCUT2D eigenvalue weighted by molar-refractivity contribution is -0.388. The molecule has 5 heterocycles. The van der Waals surface area contributed by atoms with Gasteiger partial charge in [0.05, 0.1) is 44.2 Å². The SMILES string of the molecule is CC(=O)OC1C(OC2C(OC3CCC4(C)C(=CCC5C4CCC4(C)C5CC5OC(O)(CCC(C)COC6OC(CO)C(O)C(O)C6O)C(C)C54)C3)OC(CO)C(OC3OC(C)C(O)C(O)C3O)C2O)OC(C)C(O)C1O. The van der Waals surface area contributed by atoms with Gasteiger partial charge in [-0.05, 0) is 106 Å². The normalized spacial score (nSPS) is 53.7. The number of aliphatic hydroxyl groups excluding tert-OH is 11. The van der Waals surface area contributed by atoms with Crippen LogP contribution in [0.15, 0.2) is 11.6 Å². The fourth-order valence-corrected chi connectivity index (χ4v) is 15.2. The van der Waals surface area contributed by atoms with E-state index in [1.807, 2.05) is 6.92 Å². The van der Waals surface area contributed by atoms with E-state index in [-0.39, 0.29) is 41.3 Å². The molecule has 436 valence electrons. The van der Waals surface area contributed by atoms with Gasteiger partial charge in [0.25, 0.3) is 0 Å². The monoisotopic (exact) mass is 1090 g/mol. The third-order valence-corrected chi connectivity index (χ3v) is 19.7. The number of carbonyl (C=O) groups is 1. The Kier molecular flexibility index (Phi) is 17.8. The molecule has 76 heavy (non-hydrogen) atoms. The fourth-order valence-electron chi connectivity index (χ4n) is 15.2. The van der Waals surface area contributed by atoms with Crippen molar-refractivity contribution in [2.45, 2.75) is 247 Å². The van der Waals surface area contributed by atoms with E-state index < -0.39 is 154 Å². The molecule has 8 fully saturated rings. The smallest absolute Gasteiger partial charge is 0.303 e. The molecule has 0 aromatic rings. The number of hydrogen-bond donors (Lipinski definition) is 12. The lowest BCUT2D eigenvalue weighted by Gasteiger charge is -2.58. The van der Waals surface area contributed by atoms with Crippen molar-refractivity contribution < 1.29 is 113 Å². The Bertz CT molecular complexity index is 2020. The van der Waals surface area contributed by atoms with Crippen LogP contribution in [0.2, 0.25) is 0 Å². The fraction of sp³-hybridized carbons (Fsp3) is 0.943. The van der Waals surface area contributed by atoms with Gasteiger partial charge in [0, 0.05) is 19.3 Å². The van der Waals surface area contributed by atoms with E-state index in [0.717, 1.165) is 39.0 Å². The van der Waals surface area contributed by atoms with Crippen molar-refractivity contribution in [2.24, 2.45) is 46.3 Å². The van der Waals surface area contributed by atoms with Crippen LogP contribution >= 0.6 is 0 Å². The highest BCUT2D eigenvalue weighted by atomic mass is 16.8. The van der Waals surface area contributed by atoms with Crippen molar-refractivity contribution >= 4 is 5.97 Å². The number of aliphatic hydroxyl groups is 12. The molecule has 0 aromatic heterocycles. The maximum Gasteiger partial charge on any atom is 0.303 e. The highest BCUT2D eigenvalue weighted by molar-refractivity contribution is 5.66. The average Bonchev–Trinajstić information content (AvgIpc) is 3.94. The molecule has 31 atom stereocenters. The minimum atomic E-state index is -1.76. The second-order valence-corrected chi connectivity index (χ2v) is 24.4. The lowest BCUT2D eigenvalue weighted by atomic mass is 9.47. The van der Waals surface area contributed by atoms with Crippen LogP contribution in [-0.2, 0) is 52.2 Å². The van der Waals surface area contributed by atoms with E-state index in [0.29, 0.717) is 43.4 Å². The van der Waals surface area contributed by atoms with E-state index in [2.05, 4.69) is 26.8 Å². The Labute approximate surface area is 443 Å². The summed E-state index contributed by atoms with van der Waals surface area (Å²) in [5.74, 6) is -1.12. The van der Waals surface area contributed by atoms with E-state index in [4.69, 9.17) is 47.4 Å². The third-order valence-electron chi connectivity index (χ3n) is 19.7. The van der Waals surface area contributed by atoms with Gasteiger partial charge in [-0.2, -0.15) is 0 Å². The molecule has 9 aliphatic rings. The second-order valence-electron chi connectivity index (χ2n) is 24.4. The van der Waals surface area contributed by atoms with Crippen molar-refractivity contribution in [3.8, 4) is 0 Å². The molecule has 23 nitrogen and oxygen atoms in total. The quantitative estimate of drug-likeness (QED) is 0.0662. The van der Waals surface area contributed by atoms with Crippen molar-refractivity contribution in [1.29, 1.82) is 0 Å². The summed E-state index contributed by atoms with van der Waals surface area (Å²) in [5.41, 5.74) is 1.02. The van der Waals surface area contributed by atoms with Crippen molar-refractivity contribution in [3.63, 3.8) is 0 Å². The second kappa shape index (κ2) is 23.0. The van der Waals surface area contributed by atoms with Crippen molar-refractivity contribution in [3.05, 3.63) is 11.6 Å². The summed E-state index contributed by atoms with van der Waals surface area (Å²) in [6.45, 7) is 11.7. The average molecular weight is 1090 g/mol. The Hall–Kier alpha value is -1.63. The number of esters is 1. The topological polar surface area (TPSA) is 352 Å². The van der Waals surface area contributed by atoms with Crippen LogP contribution in [0.25, 0.3) is 0 Å². The zero-order valence-corrected chi connectivity index (χ0v) is 44.6. The van der Waals surface area contributed by atoms with Gasteiger partial charge in [0.1, 0.15) is 79.4 Å². The number of hydrogen-bond acceptors (Lipinski definition) is 23. The van der Waals surface area contributed by atoms with Gasteiger partial charge in [0.15, 0.2) is 37.1 Å². The number of allylic oxidation sites excluding steroid dienone is 1. The summed E-state index contributed by atoms with van der Waals surface area (Å²) < 4.78 is 60.5. The largest absolute Gasteiger partial charge is 0.454 e. The van der Waals surface area contributed by atoms with Gasteiger partial charge in [-0.1, -0.05) is 39.3 Å². The molecule has 9 rings (SSSR count). The summed E-state index contributed by atoms with van der Waals surface area (Å²) in [7, 11) is 0. The van der Waals surface area contributed by atoms with Crippen LogP contribution in [0.5, 0.6) is 0 Å². The van der Waals surface area contributed by atoms with Gasteiger partial charge >= 0.3 is 5.97 Å². The van der Waals surface area contributed by atoms with Crippen LogP contribution in [0.4, 0.5) is 0 Å². The number of rotatable bonds is 15. The molecule has 4 aliphatic carbocycles. The summed E-state index contributed by atoms with van der Waals surface area (Å²) in [6, 6.07) is 0. The number of ether oxygens (including phenoxy) is 10. The molecular formula is C53H86O23. The highest BCUT2D eigenvalue weighted by Gasteiger charge is 2.68. The molecule has 0 amide bonds. The minimum Gasteiger partial charge on any atom is -0.454 e. The molecular weight excluding hydrogens is 1000 g/mol. The predicted octanol–water partition coefficient (Wildman–Crippen LogP) is -1.41. The van der Waals surface area contributed by atoms with Gasteiger partial charge in [-0.15, -0.1) is 0 Å². The summed E-state index contributed by atoms with van der Waals surface area (Å²) in [4.78, 5) is 12.2. The van der Waals surface area contributed by atoms with Gasteiger partial charge in [-0.3, -0.25) is 4.79 Å². The first kappa shape index (κ1) is 59.0. The number of fused-ring (bicyclic) bond motifs is 7. The molecule has 0 spiro atoms. The maximum atomic E-state index is 12.2. The van der Waals surface area contributed by atoms with E-state index in [9.17, 15) is 66.1 Å². The van der Waals surface area contributed by atoms with Crippen LogP contribution in [0.1, 0.15) is 106 Å². The predicted molar refractivity (Wildman–Crippen MR) is 258 cm³/mol. The van der Waals surface area contributed by atoms with Gasteiger partial charge in [0.2, 0.25) is 0 Å². The Balaban J connectivity index is 0.863. The summed E-state index contributed by atoms with van der Waals surface area (Å²) >= 11 is 0. The molecule has 0 radical (unpaired) electrons. The Morgan fingerprint density at radius 1 is 0.697 bits per heavy atom. The van der Waals surface area contributed by atoms with E-state index >= 15 is 0 Å². The molecule has 0 bridgehead atoms. The molecule has 12 N–H and O–H groups in total. The Morgan fingerprint density at radius 3 is 2.00 bits per heavy atom. The van der Waals surface area contributed by atoms with Crippen LogP contribution in [0, 0.1) is 46.3 Å². The summed E-state index contributed by atoms with van der Waals surface area (Å²) in [5, 5.41) is 129. The molecule has 5 saturated heterocycles.